The number of ether oxygens (including phenoxy) is 1. The molecule has 1 amide bonds. The molecule has 1 heterocycles. The fourth-order valence-electron chi connectivity index (χ4n) is 3.66. The SMILES string of the molecule is CCCCCCCCC(=O)Nc1sc2c(c1C(=O)OC)CCC(CC)C2. The average Bonchev–Trinajstić information content (AvgIpc) is 3.00. The van der Waals surface area contributed by atoms with Gasteiger partial charge in [-0.2, -0.15) is 0 Å². The molecule has 0 saturated heterocycles. The minimum atomic E-state index is -0.327. The van der Waals surface area contributed by atoms with Crippen molar-refractivity contribution in [3.63, 3.8) is 0 Å². The van der Waals surface area contributed by atoms with Crippen LogP contribution < -0.4 is 5.32 Å². The topological polar surface area (TPSA) is 55.4 Å². The first-order valence-corrected chi connectivity index (χ1v) is 10.9. The van der Waals surface area contributed by atoms with E-state index in [0.29, 0.717) is 22.9 Å². The molecular weight excluding hydrogens is 346 g/mol. The van der Waals surface area contributed by atoms with Gasteiger partial charge in [0.25, 0.3) is 0 Å². The fraction of sp³-hybridized carbons (Fsp3) is 0.714. The number of rotatable bonds is 10. The van der Waals surface area contributed by atoms with Gasteiger partial charge < -0.3 is 10.1 Å². The Kier molecular flexibility index (Phi) is 8.63. The lowest BCUT2D eigenvalue weighted by molar-refractivity contribution is -0.116. The zero-order valence-electron chi connectivity index (χ0n) is 16.5. The highest BCUT2D eigenvalue weighted by atomic mass is 32.1. The van der Waals surface area contributed by atoms with Gasteiger partial charge in [0.1, 0.15) is 5.00 Å². The summed E-state index contributed by atoms with van der Waals surface area (Å²) in [6.07, 6.45) is 11.7. The number of hydrogen-bond acceptors (Lipinski definition) is 4. The molecule has 0 aliphatic heterocycles. The number of nitrogens with one attached hydrogen (secondary N) is 1. The molecule has 1 N–H and O–H groups in total. The molecule has 5 heteroatoms. The van der Waals surface area contributed by atoms with E-state index in [0.717, 1.165) is 44.1 Å². The summed E-state index contributed by atoms with van der Waals surface area (Å²) >= 11 is 1.57. The molecule has 0 spiro atoms. The quantitative estimate of drug-likeness (QED) is 0.417. The van der Waals surface area contributed by atoms with Crippen LogP contribution in [0.25, 0.3) is 0 Å². The Morgan fingerprint density at radius 3 is 2.58 bits per heavy atom. The predicted molar refractivity (Wildman–Crippen MR) is 108 cm³/mol. The molecule has 1 atom stereocenters. The highest BCUT2D eigenvalue weighted by Crippen LogP contribution is 2.40. The molecule has 1 aliphatic carbocycles. The molecule has 1 unspecified atom stereocenters. The highest BCUT2D eigenvalue weighted by Gasteiger charge is 2.29. The molecule has 1 aliphatic rings. The van der Waals surface area contributed by atoms with Crippen LogP contribution in [-0.4, -0.2) is 19.0 Å². The van der Waals surface area contributed by atoms with Crippen LogP contribution >= 0.6 is 11.3 Å². The van der Waals surface area contributed by atoms with Gasteiger partial charge in [-0.05, 0) is 37.2 Å². The molecule has 0 aromatic carbocycles. The summed E-state index contributed by atoms with van der Waals surface area (Å²) in [5.41, 5.74) is 1.69. The molecule has 0 fully saturated rings. The van der Waals surface area contributed by atoms with Gasteiger partial charge in [-0.3, -0.25) is 4.79 Å². The van der Waals surface area contributed by atoms with E-state index in [2.05, 4.69) is 19.2 Å². The van der Waals surface area contributed by atoms with Gasteiger partial charge in [-0.25, -0.2) is 4.79 Å². The second kappa shape index (κ2) is 10.7. The number of carbonyl (C=O) groups is 2. The van der Waals surface area contributed by atoms with Crippen LogP contribution in [-0.2, 0) is 22.4 Å². The van der Waals surface area contributed by atoms with Crippen LogP contribution in [0.2, 0.25) is 0 Å². The summed E-state index contributed by atoms with van der Waals surface area (Å²) in [4.78, 5) is 25.9. The van der Waals surface area contributed by atoms with Crippen molar-refractivity contribution in [1.82, 2.24) is 0 Å². The van der Waals surface area contributed by atoms with Crippen molar-refractivity contribution >= 4 is 28.2 Å². The molecule has 26 heavy (non-hydrogen) atoms. The minimum absolute atomic E-state index is 0.0104. The Morgan fingerprint density at radius 1 is 1.15 bits per heavy atom. The Balaban J connectivity index is 1.98. The first-order chi connectivity index (χ1) is 12.6. The van der Waals surface area contributed by atoms with Gasteiger partial charge in [0.05, 0.1) is 12.7 Å². The second-order valence-corrected chi connectivity index (χ2v) is 8.39. The van der Waals surface area contributed by atoms with Crippen LogP contribution in [0.15, 0.2) is 0 Å². The normalized spacial score (nSPS) is 16.2. The van der Waals surface area contributed by atoms with Crippen LogP contribution in [0.5, 0.6) is 0 Å². The van der Waals surface area contributed by atoms with Gasteiger partial charge in [-0.15, -0.1) is 11.3 Å². The number of amides is 1. The van der Waals surface area contributed by atoms with Crippen LogP contribution in [0.3, 0.4) is 0 Å². The summed E-state index contributed by atoms with van der Waals surface area (Å²) in [5.74, 6) is 0.363. The van der Waals surface area contributed by atoms with E-state index in [1.54, 1.807) is 11.3 Å². The molecule has 0 radical (unpaired) electrons. The summed E-state index contributed by atoms with van der Waals surface area (Å²) in [5, 5.41) is 3.69. The Labute approximate surface area is 161 Å². The fourth-order valence-corrected chi connectivity index (χ4v) is 5.03. The summed E-state index contributed by atoms with van der Waals surface area (Å²) in [6.45, 7) is 4.42. The highest BCUT2D eigenvalue weighted by molar-refractivity contribution is 7.17. The van der Waals surface area contributed by atoms with Gasteiger partial charge in [0.2, 0.25) is 5.91 Å². The first-order valence-electron chi connectivity index (χ1n) is 10.1. The van der Waals surface area contributed by atoms with E-state index in [1.165, 1.54) is 37.7 Å². The lowest BCUT2D eigenvalue weighted by Crippen LogP contribution is -2.16. The summed E-state index contributed by atoms with van der Waals surface area (Å²) in [6, 6.07) is 0. The number of thiophene rings is 1. The summed E-state index contributed by atoms with van der Waals surface area (Å²) < 4.78 is 4.99. The molecule has 4 nitrogen and oxygen atoms in total. The maximum Gasteiger partial charge on any atom is 0.341 e. The molecule has 2 rings (SSSR count). The number of fused-ring (bicyclic) bond motifs is 1. The number of anilines is 1. The van der Waals surface area contributed by atoms with E-state index >= 15 is 0 Å². The molecule has 0 bridgehead atoms. The van der Waals surface area contributed by atoms with E-state index in [1.807, 2.05) is 0 Å². The van der Waals surface area contributed by atoms with Gasteiger partial charge in [0, 0.05) is 11.3 Å². The Hall–Kier alpha value is -1.36. The Bertz CT molecular complexity index is 609. The lowest BCUT2D eigenvalue weighted by Gasteiger charge is -2.20. The maximum atomic E-state index is 12.3. The van der Waals surface area contributed by atoms with Gasteiger partial charge in [-0.1, -0.05) is 52.4 Å². The third-order valence-corrected chi connectivity index (χ3v) is 6.51. The number of hydrogen-bond donors (Lipinski definition) is 1. The number of unbranched alkanes of at least 4 members (excludes halogenated alkanes) is 5. The van der Waals surface area contributed by atoms with Gasteiger partial charge >= 0.3 is 5.97 Å². The summed E-state index contributed by atoms with van der Waals surface area (Å²) in [7, 11) is 1.41. The standard InChI is InChI=1S/C21H33NO3S/c1-4-6-7-8-9-10-11-18(23)22-20-19(21(24)25-3)16-13-12-15(5-2)14-17(16)26-20/h15H,4-14H2,1-3H3,(H,22,23). The number of esters is 1. The van der Waals surface area contributed by atoms with Crippen molar-refractivity contribution in [2.24, 2.45) is 5.92 Å². The van der Waals surface area contributed by atoms with Crippen LogP contribution in [0.4, 0.5) is 5.00 Å². The van der Waals surface area contributed by atoms with Crippen LogP contribution in [0, 0.1) is 5.92 Å². The van der Waals surface area contributed by atoms with E-state index < -0.39 is 0 Å². The van der Waals surface area contributed by atoms with Crippen molar-refractivity contribution in [3.8, 4) is 0 Å². The van der Waals surface area contributed by atoms with Crippen molar-refractivity contribution in [2.75, 3.05) is 12.4 Å². The third kappa shape index (κ3) is 5.57. The van der Waals surface area contributed by atoms with Gasteiger partial charge in [0.15, 0.2) is 0 Å². The van der Waals surface area contributed by atoms with E-state index in [-0.39, 0.29) is 11.9 Å². The van der Waals surface area contributed by atoms with Crippen molar-refractivity contribution < 1.29 is 14.3 Å². The van der Waals surface area contributed by atoms with Crippen LogP contribution in [0.1, 0.15) is 92.4 Å². The molecular formula is C21H33NO3S. The molecule has 0 saturated carbocycles. The monoisotopic (exact) mass is 379 g/mol. The maximum absolute atomic E-state index is 12.3. The first kappa shape index (κ1) is 20.9. The van der Waals surface area contributed by atoms with Crippen molar-refractivity contribution in [1.29, 1.82) is 0 Å². The predicted octanol–water partition coefficient (Wildman–Crippen LogP) is 5.74. The zero-order valence-corrected chi connectivity index (χ0v) is 17.3. The molecule has 146 valence electrons. The average molecular weight is 380 g/mol. The Morgan fingerprint density at radius 2 is 1.88 bits per heavy atom. The van der Waals surface area contributed by atoms with E-state index in [4.69, 9.17) is 4.74 Å². The zero-order chi connectivity index (χ0) is 18.9. The number of methoxy groups -OCH3 is 1. The smallest absolute Gasteiger partial charge is 0.341 e. The third-order valence-electron chi connectivity index (χ3n) is 5.34. The number of carbonyl (C=O) groups excluding carboxylic acids is 2. The molecule has 1 aromatic heterocycles. The lowest BCUT2D eigenvalue weighted by atomic mass is 9.85. The van der Waals surface area contributed by atoms with Crippen molar-refractivity contribution in [2.45, 2.75) is 84.5 Å². The second-order valence-electron chi connectivity index (χ2n) is 7.28. The van der Waals surface area contributed by atoms with E-state index in [9.17, 15) is 9.59 Å². The molecule has 1 aromatic rings. The largest absolute Gasteiger partial charge is 0.465 e. The van der Waals surface area contributed by atoms with Crippen molar-refractivity contribution in [3.05, 3.63) is 16.0 Å². The minimum Gasteiger partial charge on any atom is -0.465 e.